The third-order valence-electron chi connectivity index (χ3n) is 2.79. The number of hydrogen-bond acceptors (Lipinski definition) is 6. The van der Waals surface area contributed by atoms with Crippen LogP contribution >= 0.6 is 34.9 Å². The topological polar surface area (TPSA) is 87.5 Å². The lowest BCUT2D eigenvalue weighted by molar-refractivity contribution is -0.138. The number of carboxylic acids is 2. The molecule has 1 atom stereocenters. The van der Waals surface area contributed by atoms with Crippen LogP contribution in [0.2, 0.25) is 0 Å². The number of thioether (sulfide) groups is 2. The Kier molecular flexibility index (Phi) is 6.10. The van der Waals surface area contributed by atoms with Crippen LogP contribution in [0, 0.1) is 0 Å². The molecule has 2 N–H and O–H groups in total. The summed E-state index contributed by atoms with van der Waals surface area (Å²) in [6.45, 7) is 2.09. The van der Waals surface area contributed by atoms with Crippen molar-refractivity contribution in [3.63, 3.8) is 0 Å². The molecule has 0 spiro atoms. The number of nitrogens with zero attached hydrogens (tertiary/aromatic N) is 1. The van der Waals surface area contributed by atoms with Crippen LogP contribution in [0.3, 0.4) is 0 Å². The highest BCUT2D eigenvalue weighted by Crippen LogP contribution is 2.35. The van der Waals surface area contributed by atoms with Gasteiger partial charge in [-0.25, -0.2) is 4.98 Å². The summed E-state index contributed by atoms with van der Waals surface area (Å²) in [5.74, 6) is -1.01. The zero-order chi connectivity index (χ0) is 16.1. The number of rotatable bonds is 8. The monoisotopic (exact) mass is 357 g/mol. The molecule has 0 aliphatic heterocycles. The molecule has 0 saturated carbocycles. The van der Waals surface area contributed by atoms with E-state index in [1.807, 2.05) is 12.1 Å². The Morgan fingerprint density at radius 1 is 1.36 bits per heavy atom. The van der Waals surface area contributed by atoms with Gasteiger partial charge in [0.15, 0.2) is 4.34 Å². The van der Waals surface area contributed by atoms with Crippen LogP contribution in [-0.4, -0.2) is 38.1 Å². The van der Waals surface area contributed by atoms with Crippen LogP contribution < -0.4 is 0 Å². The summed E-state index contributed by atoms with van der Waals surface area (Å²) in [5, 5.41) is 17.1. The Morgan fingerprint density at radius 3 is 2.77 bits per heavy atom. The van der Waals surface area contributed by atoms with E-state index in [-0.39, 0.29) is 12.8 Å². The summed E-state index contributed by atoms with van der Waals surface area (Å²) in [7, 11) is 0. The van der Waals surface area contributed by atoms with E-state index in [4.69, 9.17) is 5.11 Å². The second kappa shape index (κ2) is 7.85. The molecule has 118 valence electrons. The van der Waals surface area contributed by atoms with Gasteiger partial charge in [-0.05, 0) is 30.4 Å². The van der Waals surface area contributed by atoms with Gasteiger partial charge < -0.3 is 10.2 Å². The van der Waals surface area contributed by atoms with Gasteiger partial charge in [0.2, 0.25) is 0 Å². The maximum atomic E-state index is 11.2. The fraction of sp³-hybridized carbons (Fsp3) is 0.357. The van der Waals surface area contributed by atoms with E-state index in [2.05, 4.69) is 18.0 Å². The molecule has 0 aliphatic rings. The van der Waals surface area contributed by atoms with E-state index >= 15 is 0 Å². The van der Waals surface area contributed by atoms with Crippen molar-refractivity contribution < 1.29 is 19.8 Å². The number of fused-ring (bicyclic) bond motifs is 1. The normalized spacial score (nSPS) is 12.4. The number of benzene rings is 1. The van der Waals surface area contributed by atoms with E-state index in [0.717, 1.165) is 32.6 Å². The molecule has 5 nitrogen and oxygen atoms in total. The predicted molar refractivity (Wildman–Crippen MR) is 90.2 cm³/mol. The Hall–Kier alpha value is -1.25. The largest absolute Gasteiger partial charge is 0.481 e. The molecule has 0 amide bonds. The van der Waals surface area contributed by atoms with Gasteiger partial charge in [0.05, 0.1) is 10.2 Å². The van der Waals surface area contributed by atoms with Gasteiger partial charge in [-0.3, -0.25) is 9.59 Å². The van der Waals surface area contributed by atoms with Crippen LogP contribution in [0.25, 0.3) is 10.2 Å². The number of thiazole rings is 1. The molecule has 22 heavy (non-hydrogen) atoms. The summed E-state index contributed by atoms with van der Waals surface area (Å²) < 4.78 is 1.68. The van der Waals surface area contributed by atoms with E-state index < -0.39 is 17.2 Å². The van der Waals surface area contributed by atoms with Crippen LogP contribution in [0.5, 0.6) is 0 Å². The van der Waals surface area contributed by atoms with Crippen molar-refractivity contribution in [3.8, 4) is 0 Å². The molecule has 1 aromatic heterocycles. The van der Waals surface area contributed by atoms with Gasteiger partial charge in [-0.2, -0.15) is 0 Å². The number of aromatic nitrogens is 1. The van der Waals surface area contributed by atoms with Crippen molar-refractivity contribution in [1.82, 2.24) is 4.98 Å². The summed E-state index contributed by atoms with van der Waals surface area (Å²) >= 11 is 4.31. The Bertz CT molecular complexity index is 686. The zero-order valence-corrected chi connectivity index (χ0v) is 14.3. The van der Waals surface area contributed by atoms with Crippen LogP contribution in [0.4, 0.5) is 0 Å². The minimum Gasteiger partial charge on any atom is -0.481 e. The number of aliphatic carboxylic acids is 2. The smallest absolute Gasteiger partial charge is 0.317 e. The van der Waals surface area contributed by atoms with E-state index in [1.165, 1.54) is 11.3 Å². The van der Waals surface area contributed by atoms with Crippen molar-refractivity contribution in [2.75, 3.05) is 5.75 Å². The lowest BCUT2D eigenvalue weighted by Crippen LogP contribution is -2.17. The quantitative estimate of drug-likeness (QED) is 0.694. The number of hydrogen-bond donors (Lipinski definition) is 2. The maximum Gasteiger partial charge on any atom is 0.317 e. The molecular weight excluding hydrogens is 342 g/mol. The van der Waals surface area contributed by atoms with E-state index in [9.17, 15) is 14.7 Å². The van der Waals surface area contributed by atoms with Crippen LogP contribution in [-0.2, 0) is 9.59 Å². The molecule has 2 rings (SSSR count). The first-order valence-electron chi connectivity index (χ1n) is 6.64. The Balaban J connectivity index is 2.15. The SMILES string of the molecule is CCSc1ccc2nc(SC(CCC(=O)O)C(=O)O)sc2c1. The molecule has 0 bridgehead atoms. The molecule has 0 fully saturated rings. The Morgan fingerprint density at radius 2 is 2.14 bits per heavy atom. The van der Waals surface area contributed by atoms with E-state index in [0.29, 0.717) is 4.34 Å². The number of carboxylic acid groups (broad SMARTS) is 2. The predicted octanol–water partition coefficient (Wildman–Crippen LogP) is 3.82. The number of carbonyl (C=O) groups is 2. The maximum absolute atomic E-state index is 11.2. The van der Waals surface area contributed by atoms with E-state index in [1.54, 1.807) is 11.8 Å². The minimum absolute atomic E-state index is 0.0855. The van der Waals surface area contributed by atoms with Crippen molar-refractivity contribution in [2.24, 2.45) is 0 Å². The summed E-state index contributed by atoms with van der Waals surface area (Å²) in [6.07, 6.45) is -0.0751. The molecule has 8 heteroatoms. The molecule has 1 unspecified atom stereocenters. The highest BCUT2D eigenvalue weighted by molar-refractivity contribution is 8.02. The third kappa shape index (κ3) is 4.62. The Labute approximate surface area is 140 Å². The van der Waals surface area contributed by atoms with Gasteiger partial charge in [-0.15, -0.1) is 23.1 Å². The lowest BCUT2D eigenvalue weighted by Gasteiger charge is -2.07. The van der Waals surface area contributed by atoms with Gasteiger partial charge >= 0.3 is 11.9 Å². The van der Waals surface area contributed by atoms with Gasteiger partial charge in [0.1, 0.15) is 5.25 Å². The molecule has 0 saturated heterocycles. The summed E-state index contributed by atoms with van der Waals surface area (Å²) in [5.41, 5.74) is 0.843. The fourth-order valence-corrected chi connectivity index (χ4v) is 4.85. The zero-order valence-electron chi connectivity index (χ0n) is 11.8. The van der Waals surface area contributed by atoms with Crippen molar-refractivity contribution >= 4 is 57.0 Å². The van der Waals surface area contributed by atoms with Gasteiger partial charge in [0.25, 0.3) is 0 Å². The second-order valence-electron chi connectivity index (χ2n) is 4.42. The fourth-order valence-electron chi connectivity index (χ4n) is 1.80. The third-order valence-corrected chi connectivity index (χ3v) is 6.03. The highest BCUT2D eigenvalue weighted by atomic mass is 32.2. The van der Waals surface area contributed by atoms with Gasteiger partial charge in [0, 0.05) is 11.3 Å². The first-order chi connectivity index (χ1) is 10.5. The first kappa shape index (κ1) is 17.1. The average molecular weight is 357 g/mol. The van der Waals surface area contributed by atoms with Crippen molar-refractivity contribution in [3.05, 3.63) is 18.2 Å². The standard InChI is InChI=1S/C14H15NO4S3/c1-2-20-8-3-4-9-11(7-8)22-14(15-9)21-10(13(18)19)5-6-12(16)17/h3-4,7,10H,2,5-6H2,1H3,(H,16,17)(H,18,19). The van der Waals surface area contributed by atoms with Crippen molar-refractivity contribution in [1.29, 1.82) is 0 Å². The molecular formula is C14H15NO4S3. The average Bonchev–Trinajstić information content (AvgIpc) is 2.85. The second-order valence-corrected chi connectivity index (χ2v) is 8.24. The van der Waals surface area contributed by atoms with Gasteiger partial charge in [-0.1, -0.05) is 18.7 Å². The highest BCUT2D eigenvalue weighted by Gasteiger charge is 2.22. The molecule has 1 aromatic carbocycles. The lowest BCUT2D eigenvalue weighted by atomic mass is 10.2. The van der Waals surface area contributed by atoms with Crippen molar-refractivity contribution in [2.45, 2.75) is 34.3 Å². The summed E-state index contributed by atoms with van der Waals surface area (Å²) in [6, 6.07) is 5.99. The summed E-state index contributed by atoms with van der Waals surface area (Å²) in [4.78, 5) is 27.4. The molecule has 0 radical (unpaired) electrons. The minimum atomic E-state index is -1.01. The van der Waals surface area contributed by atoms with Crippen LogP contribution in [0.1, 0.15) is 19.8 Å². The van der Waals surface area contributed by atoms with Crippen LogP contribution in [0.15, 0.2) is 27.4 Å². The first-order valence-corrected chi connectivity index (χ1v) is 9.32. The molecule has 0 aliphatic carbocycles. The molecule has 2 aromatic rings. The molecule has 1 heterocycles.